The third-order valence-corrected chi connectivity index (χ3v) is 7.31. The average molecular weight is 403 g/mol. The minimum Gasteiger partial charge on any atom is -0.369 e. The lowest BCUT2D eigenvalue weighted by atomic mass is 9.93. The van der Waals surface area contributed by atoms with Crippen molar-refractivity contribution in [3.05, 3.63) is 0 Å². The van der Waals surface area contributed by atoms with Crippen molar-refractivity contribution in [2.45, 2.75) is 51.6 Å². The van der Waals surface area contributed by atoms with E-state index in [1.165, 1.54) is 0 Å². The number of nitrogens with zero attached hydrogens (tertiary/aromatic N) is 1. The Kier molecular flexibility index (Phi) is 7.07. The van der Waals surface area contributed by atoms with Gasteiger partial charge in [-0.25, -0.2) is 13.2 Å². The fraction of sp³-hybridized carbons (Fsp3) is 0.824. The van der Waals surface area contributed by atoms with Crippen molar-refractivity contribution in [3.63, 3.8) is 0 Å². The van der Waals surface area contributed by atoms with Crippen LogP contribution in [-0.2, 0) is 19.4 Å². The van der Waals surface area contributed by atoms with Crippen LogP contribution < -0.4 is 16.4 Å². The number of piperidine rings is 1. The van der Waals surface area contributed by atoms with E-state index in [0.29, 0.717) is 38.8 Å². The van der Waals surface area contributed by atoms with Gasteiger partial charge in [0.1, 0.15) is 6.04 Å². The highest BCUT2D eigenvalue weighted by molar-refractivity contribution is 7.91. The zero-order valence-electron chi connectivity index (χ0n) is 15.9. The van der Waals surface area contributed by atoms with Gasteiger partial charge in [-0.1, -0.05) is 20.3 Å². The quantitative estimate of drug-likeness (QED) is 0.555. The van der Waals surface area contributed by atoms with Crippen LogP contribution >= 0.6 is 0 Å². The third kappa shape index (κ3) is 5.82. The van der Waals surface area contributed by atoms with E-state index in [9.17, 15) is 22.8 Å². The van der Waals surface area contributed by atoms with Gasteiger partial charge >= 0.3 is 6.03 Å². The summed E-state index contributed by atoms with van der Waals surface area (Å²) in [5.41, 5.74) is 5.33. The van der Waals surface area contributed by atoms with Crippen molar-refractivity contribution in [1.82, 2.24) is 15.5 Å². The maximum Gasteiger partial charge on any atom is 0.315 e. The predicted molar refractivity (Wildman–Crippen MR) is 100 cm³/mol. The molecule has 0 saturated carbocycles. The lowest BCUT2D eigenvalue weighted by Crippen LogP contribution is -2.56. The minimum atomic E-state index is -3.09. The first-order valence-electron chi connectivity index (χ1n) is 9.48. The maximum atomic E-state index is 12.9. The Hall–Kier alpha value is -1.84. The van der Waals surface area contributed by atoms with Crippen LogP contribution in [-0.4, -0.2) is 67.8 Å². The molecule has 2 rings (SSSR count). The van der Waals surface area contributed by atoms with E-state index in [1.54, 1.807) is 4.90 Å². The van der Waals surface area contributed by atoms with Crippen molar-refractivity contribution in [2.75, 3.05) is 24.6 Å². The molecule has 9 nitrogen and oxygen atoms in total. The second-order valence-corrected chi connectivity index (χ2v) is 9.81. The summed E-state index contributed by atoms with van der Waals surface area (Å²) in [6.07, 6.45) is 2.14. The number of hydrogen-bond acceptors (Lipinski definition) is 5. The number of nitrogens with one attached hydrogen (secondary N) is 2. The van der Waals surface area contributed by atoms with Crippen molar-refractivity contribution < 1.29 is 22.8 Å². The molecule has 0 aromatic heterocycles. The van der Waals surface area contributed by atoms with E-state index in [4.69, 9.17) is 5.73 Å². The summed E-state index contributed by atoms with van der Waals surface area (Å²) in [7, 11) is -3.09. The van der Waals surface area contributed by atoms with Gasteiger partial charge in [-0.2, -0.15) is 0 Å². The molecule has 0 aromatic rings. The molecule has 2 aliphatic heterocycles. The summed E-state index contributed by atoms with van der Waals surface area (Å²) >= 11 is 0. The van der Waals surface area contributed by atoms with E-state index in [2.05, 4.69) is 10.6 Å². The van der Waals surface area contributed by atoms with Crippen LogP contribution in [0.4, 0.5) is 4.79 Å². The van der Waals surface area contributed by atoms with Gasteiger partial charge < -0.3 is 21.3 Å². The molecule has 2 aliphatic rings. The molecular weight excluding hydrogens is 372 g/mol. The highest BCUT2D eigenvalue weighted by Crippen LogP contribution is 2.20. The van der Waals surface area contributed by atoms with Gasteiger partial charge in [0.2, 0.25) is 11.8 Å². The highest BCUT2D eigenvalue weighted by atomic mass is 32.2. The lowest BCUT2D eigenvalue weighted by molar-refractivity contribution is -0.137. The Balaban J connectivity index is 1.95. The van der Waals surface area contributed by atoms with E-state index < -0.39 is 28.0 Å². The van der Waals surface area contributed by atoms with Crippen molar-refractivity contribution in [1.29, 1.82) is 0 Å². The normalized spacial score (nSPS) is 24.8. The number of carbonyl (C=O) groups is 3. The number of rotatable bonds is 6. The van der Waals surface area contributed by atoms with Crippen LogP contribution in [0.3, 0.4) is 0 Å². The van der Waals surface area contributed by atoms with Crippen molar-refractivity contribution in [2.24, 2.45) is 17.6 Å². The first-order chi connectivity index (χ1) is 12.6. The van der Waals surface area contributed by atoms with Crippen LogP contribution in [0.25, 0.3) is 0 Å². The topological polar surface area (TPSA) is 139 Å². The zero-order valence-corrected chi connectivity index (χ0v) is 16.8. The van der Waals surface area contributed by atoms with Crippen LogP contribution in [0.1, 0.15) is 39.5 Å². The molecule has 3 atom stereocenters. The van der Waals surface area contributed by atoms with Gasteiger partial charge in [-0.3, -0.25) is 9.59 Å². The number of hydrogen-bond donors (Lipinski definition) is 3. The molecule has 3 unspecified atom stereocenters. The molecule has 0 aromatic carbocycles. The molecule has 2 saturated heterocycles. The minimum absolute atomic E-state index is 0.0665. The van der Waals surface area contributed by atoms with Crippen LogP contribution in [0, 0.1) is 11.8 Å². The molecule has 0 spiro atoms. The monoisotopic (exact) mass is 402 g/mol. The number of primary amides is 1. The number of amides is 4. The van der Waals surface area contributed by atoms with E-state index in [1.807, 2.05) is 13.8 Å². The molecule has 10 heteroatoms. The Bertz CT molecular complexity index is 673. The van der Waals surface area contributed by atoms with Gasteiger partial charge in [0, 0.05) is 25.0 Å². The molecule has 2 heterocycles. The van der Waals surface area contributed by atoms with Gasteiger partial charge in [0.05, 0.1) is 11.5 Å². The van der Waals surface area contributed by atoms with Crippen LogP contribution in [0.2, 0.25) is 0 Å². The molecule has 4 N–H and O–H groups in total. The lowest BCUT2D eigenvalue weighted by Gasteiger charge is -2.35. The summed E-state index contributed by atoms with van der Waals surface area (Å²) in [5, 5.41) is 5.39. The van der Waals surface area contributed by atoms with E-state index >= 15 is 0 Å². The fourth-order valence-electron chi connectivity index (χ4n) is 3.54. The van der Waals surface area contributed by atoms with Gasteiger partial charge in [0.15, 0.2) is 9.84 Å². The number of sulfone groups is 1. The summed E-state index contributed by atoms with van der Waals surface area (Å²) in [6.45, 7) is 4.69. The molecule has 2 fully saturated rings. The average Bonchev–Trinajstić information content (AvgIpc) is 2.96. The van der Waals surface area contributed by atoms with E-state index in [-0.39, 0.29) is 35.2 Å². The first-order valence-corrected chi connectivity index (χ1v) is 11.3. The molecular formula is C17H30N4O5S. The Morgan fingerprint density at radius 3 is 2.30 bits per heavy atom. The SMILES string of the molecule is CCC(C)C(NC(=O)NC1CCS(=O)(=O)C1)C(=O)N1CCC(C(N)=O)CC1. The Labute approximate surface area is 160 Å². The Morgan fingerprint density at radius 1 is 1.19 bits per heavy atom. The standard InChI is InChI=1S/C17H30N4O5S/c1-3-11(2)14(16(23)21-7-4-12(5-8-21)15(18)22)20-17(24)19-13-6-9-27(25,26)10-13/h11-14H,3-10H2,1-2H3,(H2,18,22)(H2,19,20,24). The summed E-state index contributed by atoms with van der Waals surface area (Å²) < 4.78 is 23.0. The molecule has 0 radical (unpaired) electrons. The predicted octanol–water partition coefficient (Wildman–Crippen LogP) is -0.389. The maximum absolute atomic E-state index is 12.9. The number of nitrogens with two attached hydrogens (primary N) is 1. The van der Waals surface area contributed by atoms with Gasteiger partial charge in [-0.15, -0.1) is 0 Å². The van der Waals surface area contributed by atoms with Crippen molar-refractivity contribution in [3.8, 4) is 0 Å². The zero-order chi connectivity index (χ0) is 20.2. The number of carbonyl (C=O) groups excluding carboxylic acids is 3. The summed E-state index contributed by atoms with van der Waals surface area (Å²) in [4.78, 5) is 38.2. The third-order valence-electron chi connectivity index (χ3n) is 5.54. The highest BCUT2D eigenvalue weighted by Gasteiger charge is 2.34. The second-order valence-electron chi connectivity index (χ2n) is 7.58. The molecule has 4 amide bonds. The summed E-state index contributed by atoms with van der Waals surface area (Å²) in [6, 6.07) is -1.64. The molecule has 0 bridgehead atoms. The van der Waals surface area contributed by atoms with Gasteiger partial charge in [0.25, 0.3) is 0 Å². The fourth-order valence-corrected chi connectivity index (χ4v) is 5.21. The smallest absolute Gasteiger partial charge is 0.315 e. The van der Waals surface area contributed by atoms with Crippen LogP contribution in [0.15, 0.2) is 0 Å². The first kappa shape index (κ1) is 21.5. The summed E-state index contributed by atoms with van der Waals surface area (Å²) in [5.74, 6) is -0.809. The Morgan fingerprint density at radius 2 is 1.81 bits per heavy atom. The van der Waals surface area contributed by atoms with Crippen molar-refractivity contribution >= 4 is 27.7 Å². The van der Waals surface area contributed by atoms with Crippen LogP contribution in [0.5, 0.6) is 0 Å². The molecule has 154 valence electrons. The molecule has 0 aliphatic carbocycles. The second kappa shape index (κ2) is 8.90. The number of urea groups is 1. The largest absolute Gasteiger partial charge is 0.369 e. The number of likely N-dealkylation sites (tertiary alicyclic amines) is 1. The molecule has 27 heavy (non-hydrogen) atoms. The van der Waals surface area contributed by atoms with E-state index in [0.717, 1.165) is 0 Å². The van der Waals surface area contributed by atoms with Gasteiger partial charge in [-0.05, 0) is 25.2 Å².